The third kappa shape index (κ3) is 4.93. The predicted molar refractivity (Wildman–Crippen MR) is 87.6 cm³/mol. The second-order valence-electron chi connectivity index (χ2n) is 7.08. The number of nitrogens with one attached hydrogen (secondary N) is 1. The standard InChI is InChI=1S/C16H28ClN3/c1-10(2)8-9-11(3)18-14-12(4)13(17)19-15(20-14)16(5,6)7/h10-11H,8-9H2,1-7H3,(H,18,19,20). The lowest BCUT2D eigenvalue weighted by Gasteiger charge is -2.22. The molecule has 0 aliphatic rings. The molecule has 0 saturated heterocycles. The molecule has 0 aromatic carbocycles. The number of aromatic nitrogens is 2. The van der Waals surface area contributed by atoms with Crippen molar-refractivity contribution < 1.29 is 0 Å². The van der Waals surface area contributed by atoms with Gasteiger partial charge in [-0.2, -0.15) is 0 Å². The smallest absolute Gasteiger partial charge is 0.137 e. The van der Waals surface area contributed by atoms with Gasteiger partial charge in [0.2, 0.25) is 0 Å². The van der Waals surface area contributed by atoms with Crippen LogP contribution in [0.25, 0.3) is 0 Å². The van der Waals surface area contributed by atoms with E-state index in [0.717, 1.165) is 29.5 Å². The molecule has 1 unspecified atom stereocenters. The predicted octanol–water partition coefficient (Wildman–Crippen LogP) is 4.97. The lowest BCUT2D eigenvalue weighted by molar-refractivity contribution is 0.524. The average molecular weight is 298 g/mol. The van der Waals surface area contributed by atoms with Gasteiger partial charge in [0.1, 0.15) is 16.8 Å². The van der Waals surface area contributed by atoms with Gasteiger partial charge < -0.3 is 5.32 Å². The first kappa shape index (κ1) is 17.2. The zero-order valence-electron chi connectivity index (χ0n) is 13.8. The highest BCUT2D eigenvalue weighted by Gasteiger charge is 2.21. The maximum atomic E-state index is 6.24. The van der Waals surface area contributed by atoms with E-state index < -0.39 is 0 Å². The topological polar surface area (TPSA) is 37.8 Å². The van der Waals surface area contributed by atoms with Crippen LogP contribution in [0.1, 0.15) is 65.8 Å². The van der Waals surface area contributed by atoms with E-state index in [2.05, 4.69) is 56.8 Å². The van der Waals surface area contributed by atoms with Crippen LogP contribution >= 0.6 is 11.6 Å². The zero-order valence-corrected chi connectivity index (χ0v) is 14.6. The van der Waals surface area contributed by atoms with E-state index in [1.54, 1.807) is 0 Å². The summed E-state index contributed by atoms with van der Waals surface area (Å²) in [6.45, 7) is 14.9. The van der Waals surface area contributed by atoms with Gasteiger partial charge in [0, 0.05) is 17.0 Å². The molecule has 0 fully saturated rings. The van der Waals surface area contributed by atoms with Crippen LogP contribution in [0.5, 0.6) is 0 Å². The Balaban J connectivity index is 2.91. The number of nitrogens with zero attached hydrogens (tertiary/aromatic N) is 2. The molecule has 4 heteroatoms. The van der Waals surface area contributed by atoms with Crippen molar-refractivity contribution >= 4 is 17.4 Å². The maximum absolute atomic E-state index is 6.24. The van der Waals surface area contributed by atoms with Gasteiger partial charge in [-0.15, -0.1) is 0 Å². The fourth-order valence-electron chi connectivity index (χ4n) is 1.85. The summed E-state index contributed by atoms with van der Waals surface area (Å²) >= 11 is 6.24. The van der Waals surface area contributed by atoms with Crippen molar-refractivity contribution in [3.63, 3.8) is 0 Å². The SMILES string of the molecule is Cc1c(Cl)nc(C(C)(C)C)nc1NC(C)CCC(C)C. The van der Waals surface area contributed by atoms with E-state index in [9.17, 15) is 0 Å². The van der Waals surface area contributed by atoms with E-state index in [1.807, 2.05) is 6.92 Å². The summed E-state index contributed by atoms with van der Waals surface area (Å²) in [5, 5.41) is 4.03. The van der Waals surface area contributed by atoms with Gasteiger partial charge in [-0.05, 0) is 32.6 Å². The van der Waals surface area contributed by atoms with Crippen molar-refractivity contribution in [3.05, 3.63) is 16.5 Å². The lowest BCUT2D eigenvalue weighted by Crippen LogP contribution is -2.22. The van der Waals surface area contributed by atoms with E-state index in [0.29, 0.717) is 11.2 Å². The Kier molecular flexibility index (Phi) is 5.81. The third-order valence-electron chi connectivity index (χ3n) is 3.32. The van der Waals surface area contributed by atoms with Gasteiger partial charge in [0.25, 0.3) is 0 Å². The lowest BCUT2D eigenvalue weighted by atomic mass is 9.95. The van der Waals surface area contributed by atoms with Crippen molar-refractivity contribution in [2.75, 3.05) is 5.32 Å². The van der Waals surface area contributed by atoms with Gasteiger partial charge in [-0.3, -0.25) is 0 Å². The first-order chi connectivity index (χ1) is 9.11. The van der Waals surface area contributed by atoms with E-state index in [4.69, 9.17) is 11.6 Å². The molecule has 0 aliphatic heterocycles. The summed E-state index contributed by atoms with van der Waals surface area (Å²) in [6.07, 6.45) is 2.34. The number of anilines is 1. The van der Waals surface area contributed by atoms with E-state index in [1.165, 1.54) is 6.42 Å². The normalized spacial score (nSPS) is 13.7. The van der Waals surface area contributed by atoms with E-state index >= 15 is 0 Å². The summed E-state index contributed by atoms with van der Waals surface area (Å²) in [4.78, 5) is 9.07. The van der Waals surface area contributed by atoms with Crippen LogP contribution < -0.4 is 5.32 Å². The van der Waals surface area contributed by atoms with Crippen LogP contribution in [0.15, 0.2) is 0 Å². The fourth-order valence-corrected chi connectivity index (χ4v) is 2.02. The van der Waals surface area contributed by atoms with Crippen LogP contribution in [0, 0.1) is 12.8 Å². The Morgan fingerprint density at radius 2 is 1.70 bits per heavy atom. The molecular weight excluding hydrogens is 270 g/mol. The highest BCUT2D eigenvalue weighted by Crippen LogP contribution is 2.26. The molecule has 0 spiro atoms. The summed E-state index contributed by atoms with van der Waals surface area (Å²) < 4.78 is 0. The Labute approximate surface area is 128 Å². The maximum Gasteiger partial charge on any atom is 0.137 e. The van der Waals surface area contributed by atoms with Gasteiger partial charge >= 0.3 is 0 Å². The molecule has 0 bridgehead atoms. The van der Waals surface area contributed by atoms with Gasteiger partial charge in [-0.1, -0.05) is 46.2 Å². The highest BCUT2D eigenvalue weighted by atomic mass is 35.5. The molecule has 0 saturated carbocycles. The van der Waals surface area contributed by atoms with E-state index in [-0.39, 0.29) is 5.41 Å². The minimum absolute atomic E-state index is 0.102. The first-order valence-electron chi connectivity index (χ1n) is 7.42. The van der Waals surface area contributed by atoms with Crippen molar-refractivity contribution in [1.82, 2.24) is 9.97 Å². The van der Waals surface area contributed by atoms with Gasteiger partial charge in [-0.25, -0.2) is 9.97 Å². The molecule has 3 nitrogen and oxygen atoms in total. The molecule has 1 aromatic rings. The Bertz CT molecular complexity index is 450. The molecule has 114 valence electrons. The van der Waals surface area contributed by atoms with Crippen LogP contribution in [-0.2, 0) is 5.41 Å². The number of hydrogen-bond donors (Lipinski definition) is 1. The molecule has 0 radical (unpaired) electrons. The van der Waals surface area contributed by atoms with Crippen molar-refractivity contribution in [2.24, 2.45) is 5.92 Å². The monoisotopic (exact) mass is 297 g/mol. The van der Waals surface area contributed by atoms with Crippen LogP contribution in [-0.4, -0.2) is 16.0 Å². The van der Waals surface area contributed by atoms with Crippen molar-refractivity contribution in [1.29, 1.82) is 0 Å². The summed E-state index contributed by atoms with van der Waals surface area (Å²) in [5.41, 5.74) is 0.825. The molecule has 1 heterocycles. The minimum Gasteiger partial charge on any atom is -0.367 e. The van der Waals surface area contributed by atoms with Gasteiger partial charge in [0.15, 0.2) is 0 Å². The second-order valence-corrected chi connectivity index (χ2v) is 7.44. The third-order valence-corrected chi connectivity index (χ3v) is 3.69. The highest BCUT2D eigenvalue weighted by molar-refractivity contribution is 6.30. The molecular formula is C16H28ClN3. The molecule has 0 aliphatic carbocycles. The molecule has 1 N–H and O–H groups in total. The molecule has 0 amide bonds. The fraction of sp³-hybridized carbons (Fsp3) is 0.750. The van der Waals surface area contributed by atoms with Crippen LogP contribution in [0.4, 0.5) is 5.82 Å². The molecule has 1 atom stereocenters. The summed E-state index contributed by atoms with van der Waals surface area (Å²) in [6, 6.07) is 0.384. The van der Waals surface area contributed by atoms with Crippen molar-refractivity contribution in [3.8, 4) is 0 Å². The number of rotatable bonds is 5. The van der Waals surface area contributed by atoms with Crippen molar-refractivity contribution in [2.45, 2.75) is 72.8 Å². The summed E-state index contributed by atoms with van der Waals surface area (Å²) in [5.74, 6) is 2.37. The summed E-state index contributed by atoms with van der Waals surface area (Å²) in [7, 11) is 0. The Morgan fingerprint density at radius 1 is 1.10 bits per heavy atom. The Morgan fingerprint density at radius 3 is 2.20 bits per heavy atom. The second kappa shape index (κ2) is 6.75. The van der Waals surface area contributed by atoms with Crippen LogP contribution in [0.2, 0.25) is 5.15 Å². The first-order valence-corrected chi connectivity index (χ1v) is 7.80. The molecule has 1 rings (SSSR count). The minimum atomic E-state index is -0.102. The number of halogens is 1. The zero-order chi connectivity index (χ0) is 15.5. The molecule has 20 heavy (non-hydrogen) atoms. The average Bonchev–Trinajstić information content (AvgIpc) is 2.30. The number of hydrogen-bond acceptors (Lipinski definition) is 3. The largest absolute Gasteiger partial charge is 0.367 e. The molecule has 1 aromatic heterocycles. The van der Waals surface area contributed by atoms with Crippen LogP contribution in [0.3, 0.4) is 0 Å². The quantitative estimate of drug-likeness (QED) is 0.780. The van der Waals surface area contributed by atoms with Gasteiger partial charge in [0.05, 0.1) is 0 Å². The Hall–Kier alpha value is -0.830.